The fraction of sp³-hybridized carbons (Fsp3) is 0.625. The molecular formula is C16H22N4O4. The van der Waals surface area contributed by atoms with Gasteiger partial charge in [0.05, 0.1) is 12.8 Å². The average Bonchev–Trinajstić information content (AvgIpc) is 3.01. The van der Waals surface area contributed by atoms with Crippen LogP contribution in [0.4, 0.5) is 0 Å². The van der Waals surface area contributed by atoms with Crippen molar-refractivity contribution in [3.8, 4) is 0 Å². The highest BCUT2D eigenvalue weighted by atomic mass is 16.5. The van der Waals surface area contributed by atoms with Crippen LogP contribution in [0.15, 0.2) is 17.2 Å². The van der Waals surface area contributed by atoms with E-state index in [4.69, 9.17) is 4.74 Å². The number of nitrogens with one attached hydrogen (secondary N) is 1. The first-order valence-corrected chi connectivity index (χ1v) is 8.23. The number of carbonyl (C=O) groups excluding carboxylic acids is 2. The second kappa shape index (κ2) is 6.72. The van der Waals surface area contributed by atoms with Gasteiger partial charge in [-0.05, 0) is 25.7 Å². The molecule has 2 aliphatic rings. The number of rotatable bonds is 4. The molecule has 0 aliphatic carbocycles. The molecule has 24 heavy (non-hydrogen) atoms. The van der Waals surface area contributed by atoms with Gasteiger partial charge in [0.1, 0.15) is 11.2 Å². The summed E-state index contributed by atoms with van der Waals surface area (Å²) >= 11 is 0. The standard InChI is InChI=1S/C16H22N4O4/c1-24-9-8-19-6-2-4-16(15(19)23)5-3-7-20(16)14(22)12-10-18-13(21)11-17-12/h10-11H,2-9H2,1H3,(H,18,21). The maximum absolute atomic E-state index is 13.1. The molecule has 2 aliphatic heterocycles. The number of likely N-dealkylation sites (tertiary alicyclic amines) is 2. The Hall–Kier alpha value is -2.22. The smallest absolute Gasteiger partial charge is 0.274 e. The van der Waals surface area contributed by atoms with Crippen LogP contribution in [0.2, 0.25) is 0 Å². The number of hydrogen-bond donors (Lipinski definition) is 1. The van der Waals surface area contributed by atoms with Gasteiger partial charge in [-0.1, -0.05) is 0 Å². The molecule has 0 bridgehead atoms. The van der Waals surface area contributed by atoms with E-state index in [1.54, 1.807) is 16.9 Å². The lowest BCUT2D eigenvalue weighted by Crippen LogP contribution is -2.61. The Morgan fingerprint density at radius 3 is 2.75 bits per heavy atom. The van der Waals surface area contributed by atoms with Gasteiger partial charge in [-0.15, -0.1) is 0 Å². The number of amides is 2. The highest BCUT2D eigenvalue weighted by Gasteiger charge is 2.52. The molecule has 0 saturated carbocycles. The van der Waals surface area contributed by atoms with E-state index in [0.29, 0.717) is 39.1 Å². The van der Waals surface area contributed by atoms with Crippen LogP contribution in [0.3, 0.4) is 0 Å². The van der Waals surface area contributed by atoms with Crippen LogP contribution < -0.4 is 5.56 Å². The minimum Gasteiger partial charge on any atom is -0.383 e. The number of methoxy groups -OCH3 is 1. The van der Waals surface area contributed by atoms with E-state index in [1.807, 2.05) is 0 Å². The van der Waals surface area contributed by atoms with Crippen LogP contribution >= 0.6 is 0 Å². The van der Waals surface area contributed by atoms with E-state index in [0.717, 1.165) is 19.0 Å². The van der Waals surface area contributed by atoms with Crippen molar-refractivity contribution in [3.63, 3.8) is 0 Å². The topological polar surface area (TPSA) is 95.6 Å². The molecule has 1 unspecified atom stereocenters. The zero-order chi connectivity index (χ0) is 17.2. The van der Waals surface area contributed by atoms with Gasteiger partial charge in [0.25, 0.3) is 11.5 Å². The van der Waals surface area contributed by atoms with Gasteiger partial charge in [-0.2, -0.15) is 0 Å². The van der Waals surface area contributed by atoms with Gasteiger partial charge >= 0.3 is 0 Å². The largest absolute Gasteiger partial charge is 0.383 e. The van der Waals surface area contributed by atoms with Crippen molar-refractivity contribution in [1.82, 2.24) is 19.8 Å². The van der Waals surface area contributed by atoms with Gasteiger partial charge in [0.2, 0.25) is 5.91 Å². The van der Waals surface area contributed by atoms with E-state index >= 15 is 0 Å². The number of carbonyl (C=O) groups is 2. The van der Waals surface area contributed by atoms with Crippen LogP contribution in [0, 0.1) is 0 Å². The van der Waals surface area contributed by atoms with Crippen molar-refractivity contribution in [3.05, 3.63) is 28.4 Å². The zero-order valence-electron chi connectivity index (χ0n) is 13.8. The van der Waals surface area contributed by atoms with E-state index in [1.165, 1.54) is 6.20 Å². The van der Waals surface area contributed by atoms with Crippen molar-refractivity contribution in [2.45, 2.75) is 31.2 Å². The first kappa shape index (κ1) is 16.6. The number of H-pyrrole nitrogens is 1. The third kappa shape index (κ3) is 2.82. The molecule has 130 valence electrons. The summed E-state index contributed by atoms with van der Waals surface area (Å²) in [7, 11) is 1.61. The first-order chi connectivity index (χ1) is 11.6. The van der Waals surface area contributed by atoms with Gasteiger partial charge in [-0.25, -0.2) is 4.98 Å². The summed E-state index contributed by atoms with van der Waals surface area (Å²) in [6.07, 6.45) is 5.39. The molecule has 2 fully saturated rings. The highest BCUT2D eigenvalue weighted by Crippen LogP contribution is 2.38. The Kier molecular flexibility index (Phi) is 4.66. The summed E-state index contributed by atoms with van der Waals surface area (Å²) in [4.78, 5) is 46.9. The number of hydrogen-bond acceptors (Lipinski definition) is 5. The molecular weight excluding hydrogens is 312 g/mol. The van der Waals surface area contributed by atoms with Gasteiger partial charge < -0.3 is 19.5 Å². The van der Waals surface area contributed by atoms with Crippen molar-refractivity contribution < 1.29 is 14.3 Å². The quantitative estimate of drug-likeness (QED) is 0.837. The molecule has 2 saturated heterocycles. The van der Waals surface area contributed by atoms with E-state index in [2.05, 4.69) is 9.97 Å². The summed E-state index contributed by atoms with van der Waals surface area (Å²) in [6, 6.07) is 0. The molecule has 1 spiro atoms. The maximum atomic E-state index is 13.1. The van der Waals surface area contributed by atoms with Crippen LogP contribution in [0.5, 0.6) is 0 Å². The zero-order valence-corrected chi connectivity index (χ0v) is 13.8. The normalized spacial score (nSPS) is 24.0. The van der Waals surface area contributed by atoms with Crippen LogP contribution in [0.1, 0.15) is 36.2 Å². The monoisotopic (exact) mass is 334 g/mol. The minimum atomic E-state index is -0.777. The molecule has 3 heterocycles. The lowest BCUT2D eigenvalue weighted by Gasteiger charge is -2.44. The second-order valence-electron chi connectivity index (χ2n) is 6.28. The van der Waals surface area contributed by atoms with Crippen LogP contribution in [-0.4, -0.2) is 70.5 Å². The Morgan fingerprint density at radius 1 is 1.33 bits per heavy atom. The first-order valence-electron chi connectivity index (χ1n) is 8.23. The third-order valence-electron chi connectivity index (χ3n) is 4.89. The highest BCUT2D eigenvalue weighted by molar-refractivity contribution is 5.98. The minimum absolute atomic E-state index is 0.000995. The molecule has 8 nitrogen and oxygen atoms in total. The van der Waals surface area contributed by atoms with Crippen molar-refractivity contribution >= 4 is 11.8 Å². The average molecular weight is 334 g/mol. The third-order valence-corrected chi connectivity index (χ3v) is 4.89. The molecule has 1 aromatic heterocycles. The van der Waals surface area contributed by atoms with Crippen LogP contribution in [0.25, 0.3) is 0 Å². The lowest BCUT2D eigenvalue weighted by atomic mass is 9.85. The predicted octanol–water partition coefficient (Wildman–Crippen LogP) is 0.0135. The molecule has 8 heteroatoms. The fourth-order valence-electron chi connectivity index (χ4n) is 3.73. The van der Waals surface area contributed by atoms with Crippen molar-refractivity contribution in [2.24, 2.45) is 0 Å². The molecule has 1 atom stereocenters. The number of aromatic amines is 1. The molecule has 2 amide bonds. The fourth-order valence-corrected chi connectivity index (χ4v) is 3.73. The summed E-state index contributed by atoms with van der Waals surface area (Å²) < 4.78 is 5.08. The summed E-state index contributed by atoms with van der Waals surface area (Å²) in [5, 5.41) is 0. The Morgan fingerprint density at radius 2 is 2.08 bits per heavy atom. The van der Waals surface area contributed by atoms with Gasteiger partial charge in [0.15, 0.2) is 0 Å². The van der Waals surface area contributed by atoms with Crippen molar-refractivity contribution in [2.75, 3.05) is 33.4 Å². The maximum Gasteiger partial charge on any atom is 0.274 e. The van der Waals surface area contributed by atoms with Gasteiger partial charge in [0, 0.05) is 32.9 Å². The number of ether oxygens (including phenoxy) is 1. The Bertz CT molecular complexity index is 668. The molecule has 1 aromatic rings. The molecule has 0 radical (unpaired) electrons. The second-order valence-corrected chi connectivity index (χ2v) is 6.28. The predicted molar refractivity (Wildman–Crippen MR) is 85.5 cm³/mol. The summed E-state index contributed by atoms with van der Waals surface area (Å²) in [6.45, 7) is 2.25. The number of aromatic nitrogens is 2. The SMILES string of the molecule is COCCN1CCCC2(CCCN2C(=O)c2c[nH]c(=O)cn2)C1=O. The van der Waals surface area contributed by atoms with Gasteiger partial charge in [-0.3, -0.25) is 14.4 Å². The van der Waals surface area contributed by atoms with Crippen molar-refractivity contribution in [1.29, 1.82) is 0 Å². The molecule has 0 aromatic carbocycles. The lowest BCUT2D eigenvalue weighted by molar-refractivity contribution is -0.146. The number of nitrogens with zero attached hydrogens (tertiary/aromatic N) is 3. The Balaban J connectivity index is 1.85. The van der Waals surface area contributed by atoms with E-state index < -0.39 is 5.54 Å². The molecule has 3 rings (SSSR count). The Labute approximate surface area is 139 Å². The summed E-state index contributed by atoms with van der Waals surface area (Å²) in [5.74, 6) is -0.299. The van der Waals surface area contributed by atoms with Crippen LogP contribution in [-0.2, 0) is 9.53 Å². The number of piperidine rings is 1. The molecule has 1 N–H and O–H groups in total. The van der Waals surface area contributed by atoms with E-state index in [9.17, 15) is 14.4 Å². The van der Waals surface area contributed by atoms with E-state index in [-0.39, 0.29) is 23.1 Å². The summed E-state index contributed by atoms with van der Waals surface area (Å²) in [5.41, 5.74) is -0.971.